The van der Waals surface area contributed by atoms with Crippen molar-refractivity contribution < 1.29 is 43.1 Å². The molecule has 0 bridgehead atoms. The molecule has 0 saturated carbocycles. The van der Waals surface area contributed by atoms with Crippen LogP contribution >= 0.6 is 0 Å². The molecule has 2 aliphatic heterocycles. The Morgan fingerprint density at radius 1 is 0.784 bits per heavy atom. The summed E-state index contributed by atoms with van der Waals surface area (Å²) < 4.78 is 33.5. The molecule has 2 heterocycles. The molecule has 0 aromatic rings. The number of rotatable bonds is 9. The monoisotopic (exact) mass is 530 g/mol. The third kappa shape index (κ3) is 11.8. The highest BCUT2D eigenvalue weighted by molar-refractivity contribution is 5.75. The maximum Gasteiger partial charge on any atom is 0.311 e. The topological polar surface area (TPSA) is 110 Å². The first-order valence-corrected chi connectivity index (χ1v) is 13.1. The van der Waals surface area contributed by atoms with Gasteiger partial charge in [-0.1, -0.05) is 6.08 Å². The van der Waals surface area contributed by atoms with E-state index in [9.17, 15) is 9.59 Å². The zero-order valence-electron chi connectivity index (χ0n) is 24.5. The SMILES string of the molecule is C=CC[C@@H]1OC(C)(C)O[C@@H]1COC(=O)C(C)(C)C.CC1(C)O[C@@H](CCCO)[C@@H](COC(=O)C(C)(C)C)O1. The number of ether oxygens (including phenoxy) is 6. The molecule has 2 aliphatic rings. The molecule has 0 aromatic carbocycles. The first-order valence-electron chi connectivity index (χ1n) is 13.1. The molecule has 2 fully saturated rings. The van der Waals surface area contributed by atoms with Crippen LogP contribution in [-0.4, -0.2) is 72.9 Å². The van der Waals surface area contributed by atoms with E-state index in [0.717, 1.165) is 0 Å². The van der Waals surface area contributed by atoms with Crippen LogP contribution in [0.15, 0.2) is 12.7 Å². The summed E-state index contributed by atoms with van der Waals surface area (Å²) in [5, 5.41) is 8.89. The van der Waals surface area contributed by atoms with Crippen LogP contribution in [-0.2, 0) is 38.0 Å². The van der Waals surface area contributed by atoms with E-state index in [2.05, 4.69) is 6.58 Å². The van der Waals surface area contributed by atoms with Crippen LogP contribution in [0, 0.1) is 10.8 Å². The zero-order valence-corrected chi connectivity index (χ0v) is 24.5. The first-order chi connectivity index (χ1) is 16.8. The molecule has 0 spiro atoms. The van der Waals surface area contributed by atoms with Crippen LogP contribution in [0.4, 0.5) is 0 Å². The van der Waals surface area contributed by atoms with E-state index in [-0.39, 0.29) is 56.2 Å². The standard InChI is InChI=1S/C14H26O5.C14H24O4/c1-13(2,3)12(16)17-9-11-10(7-6-8-15)18-14(4,5)19-11;1-7-8-10-11(18-14(5,6)17-10)9-16-12(15)13(2,3)4/h10-11,15H,6-9H2,1-5H3;7,10-11H,1,8-9H2,2-6H3/t2*10-,11+/m00/s1. The zero-order chi connectivity index (χ0) is 28.7. The highest BCUT2D eigenvalue weighted by Gasteiger charge is 2.42. The Bertz CT molecular complexity index is 746. The lowest BCUT2D eigenvalue weighted by Gasteiger charge is -2.20. The van der Waals surface area contributed by atoms with Gasteiger partial charge in [0.2, 0.25) is 0 Å². The van der Waals surface area contributed by atoms with Gasteiger partial charge in [-0.2, -0.15) is 0 Å². The average Bonchev–Trinajstić information content (AvgIpc) is 3.21. The van der Waals surface area contributed by atoms with Crippen LogP contribution in [0.5, 0.6) is 0 Å². The van der Waals surface area contributed by atoms with E-state index in [1.807, 2.05) is 69.2 Å². The van der Waals surface area contributed by atoms with Crippen molar-refractivity contribution in [2.45, 2.75) is 124 Å². The predicted molar refractivity (Wildman–Crippen MR) is 140 cm³/mol. The van der Waals surface area contributed by atoms with Crippen molar-refractivity contribution in [2.24, 2.45) is 10.8 Å². The van der Waals surface area contributed by atoms with Gasteiger partial charge in [0.25, 0.3) is 0 Å². The van der Waals surface area contributed by atoms with Gasteiger partial charge in [0.15, 0.2) is 11.6 Å². The van der Waals surface area contributed by atoms with Gasteiger partial charge in [0.1, 0.15) is 25.4 Å². The van der Waals surface area contributed by atoms with E-state index in [4.69, 9.17) is 33.5 Å². The minimum Gasteiger partial charge on any atom is -0.462 e. The van der Waals surface area contributed by atoms with Crippen molar-refractivity contribution >= 4 is 11.9 Å². The Hall–Kier alpha value is -1.52. The number of carbonyl (C=O) groups excluding carboxylic acids is 2. The van der Waals surface area contributed by atoms with Crippen LogP contribution in [0.3, 0.4) is 0 Å². The molecule has 0 unspecified atom stereocenters. The number of esters is 2. The minimum atomic E-state index is -0.668. The fraction of sp³-hybridized carbons (Fsp3) is 0.857. The summed E-state index contributed by atoms with van der Waals surface area (Å²) in [6, 6.07) is 0. The Balaban J connectivity index is 0.000000371. The fourth-order valence-electron chi connectivity index (χ4n) is 3.75. The van der Waals surface area contributed by atoms with E-state index in [1.165, 1.54) is 0 Å². The van der Waals surface area contributed by atoms with Gasteiger partial charge < -0.3 is 33.5 Å². The Morgan fingerprint density at radius 2 is 1.16 bits per heavy atom. The number of hydrogen-bond acceptors (Lipinski definition) is 9. The predicted octanol–water partition coefficient (Wildman–Crippen LogP) is 4.54. The number of hydrogen-bond donors (Lipinski definition) is 1. The van der Waals surface area contributed by atoms with Crippen molar-refractivity contribution in [2.75, 3.05) is 19.8 Å². The second kappa shape index (κ2) is 13.5. The summed E-state index contributed by atoms with van der Waals surface area (Å²) in [6.45, 7) is 22.5. The van der Waals surface area contributed by atoms with Gasteiger partial charge in [-0.3, -0.25) is 9.59 Å². The molecule has 2 rings (SSSR count). The lowest BCUT2D eigenvalue weighted by Crippen LogP contribution is -2.32. The van der Waals surface area contributed by atoms with Crippen LogP contribution in [0.2, 0.25) is 0 Å². The van der Waals surface area contributed by atoms with Crippen LogP contribution < -0.4 is 0 Å². The van der Waals surface area contributed by atoms with Gasteiger partial charge in [-0.25, -0.2) is 0 Å². The molecule has 0 amide bonds. The van der Waals surface area contributed by atoms with Crippen molar-refractivity contribution in [3.05, 3.63) is 12.7 Å². The summed E-state index contributed by atoms with van der Waals surface area (Å²) in [4.78, 5) is 23.5. The van der Waals surface area contributed by atoms with Crippen molar-refractivity contribution in [3.63, 3.8) is 0 Å². The molecule has 0 aliphatic carbocycles. The van der Waals surface area contributed by atoms with Gasteiger partial charge in [-0.05, 0) is 88.5 Å². The molecular weight excluding hydrogens is 480 g/mol. The number of aliphatic hydroxyl groups excluding tert-OH is 1. The number of aliphatic hydroxyl groups is 1. The molecule has 4 atom stereocenters. The average molecular weight is 531 g/mol. The minimum absolute atomic E-state index is 0.106. The second-order valence-corrected chi connectivity index (χ2v) is 12.5. The summed E-state index contributed by atoms with van der Waals surface area (Å²) in [5.74, 6) is -1.78. The third-order valence-corrected chi connectivity index (χ3v) is 5.60. The Kier molecular flexibility index (Phi) is 12.2. The molecule has 216 valence electrons. The second-order valence-electron chi connectivity index (χ2n) is 12.5. The largest absolute Gasteiger partial charge is 0.462 e. The Labute approximate surface area is 223 Å². The van der Waals surface area contributed by atoms with Crippen molar-refractivity contribution in [1.29, 1.82) is 0 Å². The van der Waals surface area contributed by atoms with Crippen molar-refractivity contribution in [1.82, 2.24) is 0 Å². The molecular formula is C28H50O9. The molecule has 9 nitrogen and oxygen atoms in total. The molecule has 0 radical (unpaired) electrons. The van der Waals surface area contributed by atoms with Crippen LogP contribution in [0.1, 0.15) is 88.5 Å². The number of carbonyl (C=O) groups is 2. The lowest BCUT2D eigenvalue weighted by molar-refractivity contribution is -0.165. The van der Waals surface area contributed by atoms with E-state index >= 15 is 0 Å². The summed E-state index contributed by atoms with van der Waals surface area (Å²) in [5.41, 5.74) is -1.02. The maximum absolute atomic E-state index is 11.7. The highest BCUT2D eigenvalue weighted by Crippen LogP contribution is 2.32. The van der Waals surface area contributed by atoms with E-state index < -0.39 is 22.4 Å². The quantitative estimate of drug-likeness (QED) is 0.339. The molecule has 0 aromatic heterocycles. The summed E-state index contributed by atoms with van der Waals surface area (Å²) in [6.07, 6.45) is 3.05. The molecule has 1 N–H and O–H groups in total. The molecule has 2 saturated heterocycles. The van der Waals surface area contributed by atoms with Gasteiger partial charge >= 0.3 is 11.9 Å². The first kappa shape index (κ1) is 33.5. The maximum atomic E-state index is 11.7. The lowest BCUT2D eigenvalue weighted by atomic mass is 9.97. The molecule has 9 heteroatoms. The van der Waals surface area contributed by atoms with Gasteiger partial charge in [0, 0.05) is 6.61 Å². The fourth-order valence-corrected chi connectivity index (χ4v) is 3.75. The Morgan fingerprint density at radius 3 is 1.54 bits per heavy atom. The third-order valence-electron chi connectivity index (χ3n) is 5.60. The highest BCUT2D eigenvalue weighted by atomic mass is 16.8. The van der Waals surface area contributed by atoms with Crippen molar-refractivity contribution in [3.8, 4) is 0 Å². The summed E-state index contributed by atoms with van der Waals surface area (Å²) in [7, 11) is 0. The normalized spacial score (nSPS) is 26.7. The van der Waals surface area contributed by atoms with Gasteiger partial charge in [-0.15, -0.1) is 6.58 Å². The smallest absolute Gasteiger partial charge is 0.311 e. The molecule has 37 heavy (non-hydrogen) atoms. The van der Waals surface area contributed by atoms with Crippen LogP contribution in [0.25, 0.3) is 0 Å². The summed E-state index contributed by atoms with van der Waals surface area (Å²) >= 11 is 0. The van der Waals surface area contributed by atoms with E-state index in [0.29, 0.717) is 19.3 Å². The van der Waals surface area contributed by atoms with E-state index in [1.54, 1.807) is 6.08 Å². The van der Waals surface area contributed by atoms with Gasteiger partial charge in [0.05, 0.1) is 23.0 Å².